The molecule has 0 bridgehead atoms. The fourth-order valence-electron chi connectivity index (χ4n) is 2.05. The number of aliphatic carboxylic acids is 1. The average molecular weight is 325 g/mol. The van der Waals surface area contributed by atoms with Crippen LogP contribution >= 0.6 is 0 Å². The second-order valence-electron chi connectivity index (χ2n) is 5.65. The quantitative estimate of drug-likeness (QED) is 0.428. The first-order valence-corrected chi connectivity index (χ1v) is 6.99. The van der Waals surface area contributed by atoms with Crippen molar-refractivity contribution in [3.63, 3.8) is 0 Å². The van der Waals surface area contributed by atoms with Gasteiger partial charge in [-0.3, -0.25) is 9.59 Å². The minimum absolute atomic E-state index is 0. The van der Waals surface area contributed by atoms with Crippen LogP contribution in [0.15, 0.2) is 43.0 Å². The summed E-state index contributed by atoms with van der Waals surface area (Å²) in [5.41, 5.74) is -0.340. The van der Waals surface area contributed by atoms with Gasteiger partial charge in [-0.25, -0.2) is 0 Å². The van der Waals surface area contributed by atoms with E-state index in [-0.39, 0.29) is 48.2 Å². The van der Waals surface area contributed by atoms with Gasteiger partial charge in [0.05, 0.1) is 5.54 Å². The molecule has 0 saturated carbocycles. The number of benzene rings is 1. The normalized spacial score (nSPS) is 11.7. The number of nitrogens with one attached hydrogen (secondary N) is 1. The summed E-state index contributed by atoms with van der Waals surface area (Å²) in [6.07, 6.45) is 1.07. The molecule has 0 fully saturated rings. The van der Waals surface area contributed by atoms with E-state index >= 15 is 0 Å². The standard InChI is InChI=1S/C17H21NO4.Na/c1-4-15(20)18-17(2,3)14(19)11-13(16(21)22)10-12-8-6-5-7-9-12;/h4-9,13H,1,10-11H2,2-3H3,(H,18,20)(H,21,22);/q;+1/p-1. The fraction of sp³-hybridized carbons (Fsp3) is 0.353. The first kappa shape index (κ1) is 21.6. The van der Waals surface area contributed by atoms with Crippen molar-refractivity contribution in [1.82, 2.24) is 5.32 Å². The van der Waals surface area contributed by atoms with Crippen molar-refractivity contribution in [3.8, 4) is 0 Å². The van der Waals surface area contributed by atoms with Crippen molar-refractivity contribution in [2.45, 2.75) is 32.2 Å². The maximum Gasteiger partial charge on any atom is 1.00 e. The van der Waals surface area contributed by atoms with Crippen molar-refractivity contribution in [2.75, 3.05) is 0 Å². The summed E-state index contributed by atoms with van der Waals surface area (Å²) in [7, 11) is 0. The van der Waals surface area contributed by atoms with Crippen LogP contribution in [-0.4, -0.2) is 23.2 Å². The van der Waals surface area contributed by atoms with Gasteiger partial charge >= 0.3 is 29.6 Å². The Labute approximate surface area is 158 Å². The van der Waals surface area contributed by atoms with E-state index < -0.39 is 23.3 Å². The third-order valence-electron chi connectivity index (χ3n) is 3.41. The smallest absolute Gasteiger partial charge is 0.550 e. The van der Waals surface area contributed by atoms with Gasteiger partial charge in [0, 0.05) is 18.3 Å². The molecule has 1 N–H and O–H groups in total. The third-order valence-corrected chi connectivity index (χ3v) is 3.41. The van der Waals surface area contributed by atoms with Crippen LogP contribution in [0.5, 0.6) is 0 Å². The molecule has 1 unspecified atom stereocenters. The van der Waals surface area contributed by atoms with E-state index in [0.717, 1.165) is 11.6 Å². The molecule has 6 heteroatoms. The van der Waals surface area contributed by atoms with Crippen LogP contribution in [0.1, 0.15) is 25.8 Å². The molecule has 23 heavy (non-hydrogen) atoms. The molecule has 1 aromatic carbocycles. The Balaban J connectivity index is 0.00000484. The van der Waals surface area contributed by atoms with Crippen LogP contribution in [0.2, 0.25) is 0 Å². The first-order chi connectivity index (χ1) is 10.3. The molecule has 1 aromatic rings. The summed E-state index contributed by atoms with van der Waals surface area (Å²) in [5.74, 6) is -3.06. The van der Waals surface area contributed by atoms with Crippen LogP contribution in [0.25, 0.3) is 0 Å². The van der Waals surface area contributed by atoms with Gasteiger partial charge in [-0.1, -0.05) is 36.9 Å². The molecule has 0 radical (unpaired) electrons. The predicted octanol–water partition coefficient (Wildman–Crippen LogP) is -2.36. The number of ketones is 1. The summed E-state index contributed by atoms with van der Waals surface area (Å²) >= 11 is 0. The minimum atomic E-state index is -1.27. The van der Waals surface area contributed by atoms with Gasteiger partial charge in [0.1, 0.15) is 0 Å². The van der Waals surface area contributed by atoms with E-state index in [1.807, 2.05) is 6.07 Å². The second-order valence-corrected chi connectivity index (χ2v) is 5.65. The number of carboxylic acid groups (broad SMARTS) is 1. The molecule has 5 nitrogen and oxygen atoms in total. The van der Waals surface area contributed by atoms with Crippen molar-refractivity contribution in [3.05, 3.63) is 48.6 Å². The molecular weight excluding hydrogens is 305 g/mol. The van der Waals surface area contributed by atoms with Gasteiger partial charge in [0.15, 0.2) is 5.78 Å². The van der Waals surface area contributed by atoms with Crippen LogP contribution < -0.4 is 40.0 Å². The molecule has 1 rings (SSSR count). The maximum absolute atomic E-state index is 12.3. The Hall–Kier alpha value is -1.43. The van der Waals surface area contributed by atoms with Gasteiger partial charge in [-0.05, 0) is 31.9 Å². The van der Waals surface area contributed by atoms with Crippen molar-refractivity contribution >= 4 is 17.7 Å². The second kappa shape index (κ2) is 9.65. The average Bonchev–Trinajstić information content (AvgIpc) is 2.46. The van der Waals surface area contributed by atoms with E-state index in [0.29, 0.717) is 0 Å². The van der Waals surface area contributed by atoms with Gasteiger partial charge in [-0.2, -0.15) is 0 Å². The molecule has 0 aliphatic carbocycles. The summed E-state index contributed by atoms with van der Waals surface area (Å²) in [6, 6.07) is 9.03. The van der Waals surface area contributed by atoms with Gasteiger partial charge in [0.25, 0.3) is 0 Å². The Kier molecular flexibility index (Phi) is 9.05. The van der Waals surface area contributed by atoms with Crippen molar-refractivity contribution in [1.29, 1.82) is 0 Å². The Morgan fingerprint density at radius 2 is 1.83 bits per heavy atom. The fourth-order valence-corrected chi connectivity index (χ4v) is 2.05. The molecule has 1 amide bonds. The van der Waals surface area contributed by atoms with E-state index in [4.69, 9.17) is 0 Å². The van der Waals surface area contributed by atoms with Crippen LogP contribution in [0.4, 0.5) is 0 Å². The summed E-state index contributed by atoms with van der Waals surface area (Å²) in [4.78, 5) is 34.9. The van der Waals surface area contributed by atoms with Gasteiger partial charge < -0.3 is 15.2 Å². The molecule has 0 aliphatic heterocycles. The first-order valence-electron chi connectivity index (χ1n) is 6.99. The number of carbonyl (C=O) groups excluding carboxylic acids is 3. The number of rotatable bonds is 8. The molecule has 0 spiro atoms. The topological polar surface area (TPSA) is 86.3 Å². The number of hydrogen-bond donors (Lipinski definition) is 1. The summed E-state index contributed by atoms with van der Waals surface area (Å²) in [6.45, 7) is 6.39. The monoisotopic (exact) mass is 325 g/mol. The van der Waals surface area contributed by atoms with Crippen LogP contribution in [-0.2, 0) is 20.8 Å². The van der Waals surface area contributed by atoms with E-state index in [1.165, 1.54) is 13.8 Å². The Morgan fingerprint density at radius 3 is 2.30 bits per heavy atom. The summed E-state index contributed by atoms with van der Waals surface area (Å²) in [5, 5.41) is 13.8. The molecule has 0 heterocycles. The molecule has 0 aliphatic rings. The molecule has 0 saturated heterocycles. The molecule has 118 valence electrons. The predicted molar refractivity (Wildman–Crippen MR) is 80.7 cm³/mol. The molecular formula is C17H20NNaO4. The number of carboxylic acids is 1. The number of carbonyl (C=O) groups is 3. The van der Waals surface area contributed by atoms with Gasteiger partial charge in [-0.15, -0.1) is 0 Å². The Bertz CT molecular complexity index is 569. The SMILES string of the molecule is C=CC(=O)NC(C)(C)C(=O)CC(Cc1ccccc1)C(=O)[O-].[Na+]. The van der Waals surface area contributed by atoms with Crippen LogP contribution in [0.3, 0.4) is 0 Å². The zero-order valence-corrected chi connectivity index (χ0v) is 15.8. The zero-order valence-electron chi connectivity index (χ0n) is 13.8. The maximum atomic E-state index is 12.3. The largest absolute Gasteiger partial charge is 1.00 e. The molecule has 1 atom stereocenters. The number of hydrogen-bond acceptors (Lipinski definition) is 4. The number of Topliss-reactive ketones (excluding diaryl/α,β-unsaturated/α-hetero) is 1. The zero-order chi connectivity index (χ0) is 16.8. The van der Waals surface area contributed by atoms with Crippen LogP contribution in [0, 0.1) is 5.92 Å². The van der Waals surface area contributed by atoms with E-state index in [1.54, 1.807) is 24.3 Å². The Morgan fingerprint density at radius 1 is 1.26 bits per heavy atom. The molecule has 0 aromatic heterocycles. The van der Waals surface area contributed by atoms with Crippen molar-refractivity contribution in [2.24, 2.45) is 5.92 Å². The minimum Gasteiger partial charge on any atom is -0.550 e. The van der Waals surface area contributed by atoms with Crippen molar-refractivity contribution < 1.29 is 49.0 Å². The van der Waals surface area contributed by atoms with E-state index in [2.05, 4.69) is 11.9 Å². The van der Waals surface area contributed by atoms with Gasteiger partial charge in [0.2, 0.25) is 5.91 Å². The summed E-state index contributed by atoms with van der Waals surface area (Å²) < 4.78 is 0. The number of amides is 1. The third kappa shape index (κ3) is 7.12. The van der Waals surface area contributed by atoms with E-state index in [9.17, 15) is 19.5 Å².